The minimum atomic E-state index is -0.457. The van der Waals surface area contributed by atoms with Gasteiger partial charge >= 0.3 is 0 Å². The van der Waals surface area contributed by atoms with Crippen LogP contribution in [0.1, 0.15) is 10.5 Å². The highest BCUT2D eigenvalue weighted by Gasteiger charge is 2.22. The molecule has 2 aromatic rings. The van der Waals surface area contributed by atoms with Crippen LogP contribution < -0.4 is 0 Å². The maximum absolute atomic E-state index is 12.3. The van der Waals surface area contributed by atoms with Crippen LogP contribution in [0.5, 0.6) is 0 Å². The van der Waals surface area contributed by atoms with Gasteiger partial charge in [-0.05, 0) is 6.07 Å². The number of fused-ring (bicyclic) bond motifs is 1. The first-order valence-electron chi connectivity index (χ1n) is 6.30. The van der Waals surface area contributed by atoms with Crippen LogP contribution in [0.25, 0.3) is 10.9 Å². The van der Waals surface area contributed by atoms with E-state index in [4.69, 9.17) is 4.74 Å². The van der Waals surface area contributed by atoms with Crippen LogP contribution in [0.2, 0.25) is 0 Å². The highest BCUT2D eigenvalue weighted by atomic mass is 16.6. The van der Waals surface area contributed by atoms with Crippen LogP contribution in [0.3, 0.4) is 0 Å². The lowest BCUT2D eigenvalue weighted by atomic mass is 10.2. The maximum atomic E-state index is 12.3. The zero-order valence-electron chi connectivity index (χ0n) is 10.7. The van der Waals surface area contributed by atoms with Gasteiger partial charge in [-0.15, -0.1) is 0 Å². The SMILES string of the molecule is O=C(c1cc2cccc([N+](=O)[O-])c2[nH]1)N1CCOCC1. The van der Waals surface area contributed by atoms with Gasteiger partial charge in [-0.1, -0.05) is 12.1 Å². The van der Waals surface area contributed by atoms with Gasteiger partial charge in [-0.2, -0.15) is 0 Å². The van der Waals surface area contributed by atoms with Gasteiger partial charge in [0.1, 0.15) is 11.2 Å². The number of nitro benzene ring substituents is 1. The first-order chi connectivity index (χ1) is 9.66. The monoisotopic (exact) mass is 275 g/mol. The van der Waals surface area contributed by atoms with Gasteiger partial charge in [0.05, 0.1) is 18.1 Å². The number of nitrogens with one attached hydrogen (secondary N) is 1. The maximum Gasteiger partial charge on any atom is 0.293 e. The van der Waals surface area contributed by atoms with E-state index in [9.17, 15) is 14.9 Å². The van der Waals surface area contributed by atoms with Crippen molar-refractivity contribution >= 4 is 22.5 Å². The number of carbonyl (C=O) groups is 1. The summed E-state index contributed by atoms with van der Waals surface area (Å²) in [6, 6.07) is 6.42. The number of nitrogens with zero attached hydrogens (tertiary/aromatic N) is 2. The van der Waals surface area contributed by atoms with E-state index in [1.807, 2.05) is 0 Å². The smallest absolute Gasteiger partial charge is 0.293 e. The fourth-order valence-corrected chi connectivity index (χ4v) is 2.34. The number of carbonyl (C=O) groups excluding carboxylic acids is 1. The number of nitro groups is 1. The van der Waals surface area contributed by atoms with Gasteiger partial charge < -0.3 is 14.6 Å². The van der Waals surface area contributed by atoms with Crippen molar-refractivity contribution in [3.63, 3.8) is 0 Å². The number of amides is 1. The fourth-order valence-electron chi connectivity index (χ4n) is 2.34. The second-order valence-electron chi connectivity index (χ2n) is 4.59. The van der Waals surface area contributed by atoms with Gasteiger partial charge in [-0.25, -0.2) is 0 Å². The van der Waals surface area contributed by atoms with Gasteiger partial charge in [0.25, 0.3) is 11.6 Å². The van der Waals surface area contributed by atoms with E-state index >= 15 is 0 Å². The van der Waals surface area contributed by atoms with Crippen LogP contribution in [0.15, 0.2) is 24.3 Å². The van der Waals surface area contributed by atoms with Gasteiger partial charge in [0, 0.05) is 24.5 Å². The highest BCUT2D eigenvalue weighted by molar-refractivity contribution is 6.00. The Morgan fingerprint density at radius 1 is 1.35 bits per heavy atom. The van der Waals surface area contributed by atoms with Crippen molar-refractivity contribution < 1.29 is 14.5 Å². The molecule has 0 unspecified atom stereocenters. The van der Waals surface area contributed by atoms with Crippen LogP contribution in [0, 0.1) is 10.1 Å². The molecule has 3 rings (SSSR count). The zero-order valence-corrected chi connectivity index (χ0v) is 10.7. The van der Waals surface area contributed by atoms with E-state index in [0.717, 1.165) is 0 Å². The Bertz CT molecular complexity index is 673. The molecule has 1 N–H and O–H groups in total. The van der Waals surface area contributed by atoms with E-state index in [0.29, 0.717) is 42.9 Å². The van der Waals surface area contributed by atoms with Crippen molar-refractivity contribution in [1.29, 1.82) is 0 Å². The fraction of sp³-hybridized carbons (Fsp3) is 0.308. The molecule has 0 aliphatic carbocycles. The lowest BCUT2D eigenvalue weighted by molar-refractivity contribution is -0.383. The number of hydrogen-bond acceptors (Lipinski definition) is 4. The number of hydrogen-bond donors (Lipinski definition) is 1. The van der Waals surface area contributed by atoms with E-state index in [1.54, 1.807) is 23.1 Å². The van der Waals surface area contributed by atoms with Crippen LogP contribution in [0.4, 0.5) is 5.69 Å². The number of para-hydroxylation sites is 1. The average molecular weight is 275 g/mol. The minimum Gasteiger partial charge on any atom is -0.378 e. The number of non-ortho nitro benzene ring substituents is 1. The molecule has 0 saturated carbocycles. The Kier molecular flexibility index (Phi) is 3.11. The molecule has 0 atom stereocenters. The molecule has 7 nitrogen and oxygen atoms in total. The third kappa shape index (κ3) is 2.12. The molecule has 1 saturated heterocycles. The van der Waals surface area contributed by atoms with E-state index in [2.05, 4.69) is 4.98 Å². The Labute approximate surface area is 114 Å². The lowest BCUT2D eigenvalue weighted by Crippen LogP contribution is -2.40. The molecule has 1 aromatic heterocycles. The van der Waals surface area contributed by atoms with Gasteiger partial charge in [-0.3, -0.25) is 14.9 Å². The molecule has 20 heavy (non-hydrogen) atoms. The molecule has 1 aliphatic rings. The first-order valence-corrected chi connectivity index (χ1v) is 6.30. The second kappa shape index (κ2) is 4.93. The van der Waals surface area contributed by atoms with Gasteiger partial charge in [0.2, 0.25) is 0 Å². The topological polar surface area (TPSA) is 88.5 Å². The number of aromatic amines is 1. The summed E-state index contributed by atoms with van der Waals surface area (Å²) in [6.45, 7) is 2.12. The molecule has 1 amide bonds. The molecule has 0 bridgehead atoms. The summed E-state index contributed by atoms with van der Waals surface area (Å²) in [7, 11) is 0. The normalized spacial score (nSPS) is 15.5. The summed E-state index contributed by atoms with van der Waals surface area (Å²) in [5.41, 5.74) is 0.730. The predicted molar refractivity (Wildman–Crippen MR) is 71.7 cm³/mol. The molecule has 1 aliphatic heterocycles. The standard InChI is InChI=1S/C13H13N3O4/c17-13(15-4-6-20-7-5-15)10-8-9-2-1-3-11(16(18)19)12(9)14-10/h1-3,8,14H,4-7H2. The second-order valence-corrected chi connectivity index (χ2v) is 4.59. The third-order valence-corrected chi connectivity index (χ3v) is 3.36. The van der Waals surface area contributed by atoms with E-state index in [-0.39, 0.29) is 11.6 Å². The molecular formula is C13H13N3O4. The molecule has 7 heteroatoms. The third-order valence-electron chi connectivity index (χ3n) is 3.36. The molecule has 1 aromatic carbocycles. The van der Waals surface area contributed by atoms with Crippen molar-refractivity contribution in [2.75, 3.05) is 26.3 Å². The average Bonchev–Trinajstić information content (AvgIpc) is 2.90. The first kappa shape index (κ1) is 12.6. The van der Waals surface area contributed by atoms with Crippen LogP contribution in [-0.2, 0) is 4.74 Å². The molecule has 1 fully saturated rings. The highest BCUT2D eigenvalue weighted by Crippen LogP contribution is 2.25. The Hall–Kier alpha value is -2.41. The summed E-state index contributed by atoms with van der Waals surface area (Å²) in [5, 5.41) is 11.6. The van der Waals surface area contributed by atoms with Crippen molar-refractivity contribution in [1.82, 2.24) is 9.88 Å². The van der Waals surface area contributed by atoms with Crippen molar-refractivity contribution in [2.24, 2.45) is 0 Å². The number of H-pyrrole nitrogens is 1. The largest absolute Gasteiger partial charge is 0.378 e. The summed E-state index contributed by atoms with van der Waals surface area (Å²) in [5.74, 6) is -0.154. The molecule has 104 valence electrons. The number of aromatic nitrogens is 1. The molecule has 0 radical (unpaired) electrons. The number of ether oxygens (including phenoxy) is 1. The predicted octanol–water partition coefficient (Wildman–Crippen LogP) is 1.55. The van der Waals surface area contributed by atoms with Gasteiger partial charge in [0.15, 0.2) is 0 Å². The molecule has 2 heterocycles. The number of rotatable bonds is 2. The Balaban J connectivity index is 1.98. The molecule has 0 spiro atoms. The summed E-state index contributed by atoms with van der Waals surface area (Å²) in [6.07, 6.45) is 0. The van der Waals surface area contributed by atoms with Crippen LogP contribution in [-0.4, -0.2) is 47.0 Å². The van der Waals surface area contributed by atoms with Crippen molar-refractivity contribution in [2.45, 2.75) is 0 Å². The summed E-state index contributed by atoms with van der Waals surface area (Å²) < 4.78 is 5.20. The number of morpholine rings is 1. The number of benzene rings is 1. The molecular weight excluding hydrogens is 262 g/mol. The summed E-state index contributed by atoms with van der Waals surface area (Å²) in [4.78, 5) is 27.4. The minimum absolute atomic E-state index is 0.0245. The lowest BCUT2D eigenvalue weighted by Gasteiger charge is -2.26. The van der Waals surface area contributed by atoms with Crippen LogP contribution >= 0.6 is 0 Å². The van der Waals surface area contributed by atoms with Crippen molar-refractivity contribution in [3.8, 4) is 0 Å². The Morgan fingerprint density at radius 2 is 2.10 bits per heavy atom. The van der Waals surface area contributed by atoms with E-state index < -0.39 is 4.92 Å². The van der Waals surface area contributed by atoms with E-state index in [1.165, 1.54) is 6.07 Å². The Morgan fingerprint density at radius 3 is 2.80 bits per heavy atom. The summed E-state index contributed by atoms with van der Waals surface area (Å²) >= 11 is 0. The zero-order chi connectivity index (χ0) is 14.1. The van der Waals surface area contributed by atoms with Crippen molar-refractivity contribution in [3.05, 3.63) is 40.1 Å². The quantitative estimate of drug-likeness (QED) is 0.665.